The van der Waals surface area contributed by atoms with Crippen molar-refractivity contribution in [3.05, 3.63) is 41.5 Å². The molecule has 2 N–H and O–H groups in total. The fraction of sp³-hybridized carbons (Fsp3) is 0.435. The molecule has 1 amide bonds. The number of carbonyl (C=O) groups is 1. The highest BCUT2D eigenvalue weighted by Crippen LogP contribution is 2.30. The summed E-state index contributed by atoms with van der Waals surface area (Å²) in [6, 6.07) is 9.61. The summed E-state index contributed by atoms with van der Waals surface area (Å²) in [7, 11) is 0. The second-order valence-corrected chi connectivity index (χ2v) is 8.17. The minimum Gasteiger partial charge on any atom is -0.507 e. The quantitative estimate of drug-likeness (QED) is 0.639. The Bertz CT molecular complexity index is 1010. The van der Waals surface area contributed by atoms with Gasteiger partial charge in [0, 0.05) is 12.0 Å². The average molecular weight is 393 g/mol. The Morgan fingerprint density at radius 3 is 2.62 bits per heavy atom. The Balaban J connectivity index is 1.52. The van der Waals surface area contributed by atoms with E-state index in [1.54, 1.807) is 4.52 Å². The number of aryl methyl sites for hydroxylation is 2. The second-order valence-electron chi connectivity index (χ2n) is 8.17. The predicted molar refractivity (Wildman–Crippen MR) is 114 cm³/mol. The number of anilines is 1. The van der Waals surface area contributed by atoms with Crippen molar-refractivity contribution in [2.75, 3.05) is 5.32 Å². The van der Waals surface area contributed by atoms with E-state index in [9.17, 15) is 9.90 Å². The van der Waals surface area contributed by atoms with Crippen LogP contribution in [0.15, 0.2) is 30.3 Å². The Morgan fingerprint density at radius 1 is 1.17 bits per heavy atom. The number of fused-ring (bicyclic) bond motifs is 1. The van der Waals surface area contributed by atoms with Crippen molar-refractivity contribution in [3.8, 4) is 17.0 Å². The lowest BCUT2D eigenvalue weighted by atomic mass is 9.86. The van der Waals surface area contributed by atoms with Gasteiger partial charge in [0.15, 0.2) is 5.65 Å². The molecule has 3 aromatic rings. The van der Waals surface area contributed by atoms with Gasteiger partial charge in [-0.3, -0.25) is 10.1 Å². The summed E-state index contributed by atoms with van der Waals surface area (Å²) in [5.41, 5.74) is 4.11. The van der Waals surface area contributed by atoms with Crippen LogP contribution in [-0.2, 0) is 4.79 Å². The molecular weight excluding hydrogens is 364 g/mol. The minimum atomic E-state index is -0.0237. The van der Waals surface area contributed by atoms with Crippen molar-refractivity contribution >= 4 is 17.5 Å². The van der Waals surface area contributed by atoms with Crippen molar-refractivity contribution < 1.29 is 9.90 Å². The summed E-state index contributed by atoms with van der Waals surface area (Å²) in [5, 5.41) is 17.4. The highest BCUT2D eigenvalue weighted by atomic mass is 16.3. The molecule has 0 saturated heterocycles. The van der Waals surface area contributed by atoms with E-state index in [1.165, 1.54) is 32.1 Å². The molecular formula is C23H28N4O2. The number of benzene rings is 1. The summed E-state index contributed by atoms with van der Waals surface area (Å²) in [6.45, 7) is 3.76. The number of phenolic OH excluding ortho intramolecular Hbond substituents is 1. The Kier molecular flexibility index (Phi) is 5.51. The largest absolute Gasteiger partial charge is 0.507 e. The molecule has 0 atom stereocenters. The van der Waals surface area contributed by atoms with E-state index in [4.69, 9.17) is 0 Å². The van der Waals surface area contributed by atoms with Gasteiger partial charge in [0.25, 0.3) is 0 Å². The number of nitrogens with one attached hydrogen (secondary N) is 1. The molecule has 2 aromatic heterocycles. The number of aromatic nitrogens is 3. The first kappa shape index (κ1) is 19.4. The van der Waals surface area contributed by atoms with Gasteiger partial charge in [0.1, 0.15) is 5.75 Å². The molecule has 0 radical (unpaired) electrons. The molecule has 4 rings (SSSR count). The summed E-state index contributed by atoms with van der Waals surface area (Å²) >= 11 is 0. The van der Waals surface area contributed by atoms with E-state index in [1.807, 2.05) is 44.2 Å². The number of carbonyl (C=O) groups excluding carboxylic acids is 1. The molecule has 1 saturated carbocycles. The summed E-state index contributed by atoms with van der Waals surface area (Å²) in [5.74, 6) is 1.30. The van der Waals surface area contributed by atoms with Crippen LogP contribution in [0.25, 0.3) is 16.9 Å². The molecule has 0 unspecified atom stereocenters. The normalized spacial score (nSPS) is 15.0. The summed E-state index contributed by atoms with van der Waals surface area (Å²) in [4.78, 5) is 16.9. The highest BCUT2D eigenvalue weighted by molar-refractivity contribution is 5.89. The van der Waals surface area contributed by atoms with E-state index >= 15 is 0 Å². The number of rotatable bonds is 5. The molecule has 152 valence electrons. The van der Waals surface area contributed by atoms with Crippen molar-refractivity contribution in [1.82, 2.24) is 14.6 Å². The molecule has 1 aliphatic rings. The standard InChI is InChI=1S/C23H28N4O2/c1-15-13-18(14-16(2)22(15)29)19-9-6-10-20-24-23(26-27(19)20)25-21(28)12-11-17-7-4-3-5-8-17/h6,9-10,13-14,17,29H,3-5,7-8,11-12H2,1-2H3,(H,25,26,28). The van der Waals surface area contributed by atoms with Crippen LogP contribution >= 0.6 is 0 Å². The van der Waals surface area contributed by atoms with Crippen molar-refractivity contribution in [3.63, 3.8) is 0 Å². The Labute approximate surface area is 171 Å². The molecule has 2 heterocycles. The third-order valence-corrected chi connectivity index (χ3v) is 5.90. The van der Waals surface area contributed by atoms with Crippen molar-refractivity contribution in [2.45, 2.75) is 58.8 Å². The molecule has 29 heavy (non-hydrogen) atoms. The zero-order valence-electron chi connectivity index (χ0n) is 17.1. The van der Waals surface area contributed by atoms with Crippen LogP contribution < -0.4 is 5.32 Å². The van der Waals surface area contributed by atoms with Gasteiger partial charge in [0.05, 0.1) is 5.69 Å². The highest BCUT2D eigenvalue weighted by Gasteiger charge is 2.16. The van der Waals surface area contributed by atoms with Crippen LogP contribution in [-0.4, -0.2) is 25.6 Å². The van der Waals surface area contributed by atoms with Crippen LogP contribution in [0, 0.1) is 19.8 Å². The minimum absolute atomic E-state index is 0.0237. The molecule has 0 spiro atoms. The van der Waals surface area contributed by atoms with Crippen LogP contribution in [0.3, 0.4) is 0 Å². The maximum Gasteiger partial charge on any atom is 0.249 e. The van der Waals surface area contributed by atoms with E-state index < -0.39 is 0 Å². The van der Waals surface area contributed by atoms with Crippen LogP contribution in [0.4, 0.5) is 5.95 Å². The van der Waals surface area contributed by atoms with Crippen molar-refractivity contribution in [1.29, 1.82) is 0 Å². The molecule has 0 bridgehead atoms. The zero-order valence-corrected chi connectivity index (χ0v) is 17.1. The Morgan fingerprint density at radius 2 is 1.90 bits per heavy atom. The lowest BCUT2D eigenvalue weighted by molar-refractivity contribution is -0.116. The van der Waals surface area contributed by atoms with Gasteiger partial charge in [-0.15, -0.1) is 5.10 Å². The van der Waals surface area contributed by atoms with Gasteiger partial charge in [0.2, 0.25) is 11.9 Å². The second kappa shape index (κ2) is 8.23. The van der Waals surface area contributed by atoms with Crippen LogP contribution in [0.2, 0.25) is 0 Å². The summed E-state index contributed by atoms with van der Waals surface area (Å²) < 4.78 is 1.74. The number of aromatic hydroxyl groups is 1. The topological polar surface area (TPSA) is 79.5 Å². The third-order valence-electron chi connectivity index (χ3n) is 5.90. The lowest BCUT2D eigenvalue weighted by Gasteiger charge is -2.20. The summed E-state index contributed by atoms with van der Waals surface area (Å²) in [6.07, 6.45) is 7.86. The third kappa shape index (κ3) is 4.26. The van der Waals surface area contributed by atoms with Crippen LogP contribution in [0.5, 0.6) is 5.75 Å². The number of hydrogen-bond acceptors (Lipinski definition) is 4. The van der Waals surface area contributed by atoms with E-state index in [2.05, 4.69) is 15.4 Å². The van der Waals surface area contributed by atoms with Gasteiger partial charge in [-0.05, 0) is 61.6 Å². The molecule has 6 nitrogen and oxygen atoms in total. The molecule has 1 fully saturated rings. The van der Waals surface area contributed by atoms with Gasteiger partial charge in [-0.2, -0.15) is 4.98 Å². The molecule has 1 aromatic carbocycles. The van der Waals surface area contributed by atoms with E-state index in [-0.39, 0.29) is 5.91 Å². The smallest absolute Gasteiger partial charge is 0.249 e. The van der Waals surface area contributed by atoms with Gasteiger partial charge >= 0.3 is 0 Å². The molecule has 6 heteroatoms. The number of hydrogen-bond donors (Lipinski definition) is 2. The van der Waals surface area contributed by atoms with Crippen LogP contribution in [0.1, 0.15) is 56.1 Å². The first-order valence-corrected chi connectivity index (χ1v) is 10.5. The number of nitrogens with zero attached hydrogens (tertiary/aromatic N) is 3. The number of amides is 1. The number of phenols is 1. The first-order valence-electron chi connectivity index (χ1n) is 10.5. The number of pyridine rings is 1. The van der Waals surface area contributed by atoms with Crippen molar-refractivity contribution in [2.24, 2.45) is 5.92 Å². The van der Waals surface area contributed by atoms with Gasteiger partial charge in [-0.1, -0.05) is 38.2 Å². The monoisotopic (exact) mass is 392 g/mol. The maximum absolute atomic E-state index is 12.4. The lowest BCUT2D eigenvalue weighted by Crippen LogP contribution is -2.15. The zero-order chi connectivity index (χ0) is 20.4. The Hall–Kier alpha value is -2.89. The predicted octanol–water partition coefficient (Wildman–Crippen LogP) is 5.02. The molecule has 1 aliphatic carbocycles. The fourth-order valence-corrected chi connectivity index (χ4v) is 4.28. The first-order chi connectivity index (χ1) is 14.0. The molecule has 0 aliphatic heterocycles. The average Bonchev–Trinajstić information content (AvgIpc) is 3.13. The van der Waals surface area contributed by atoms with Gasteiger partial charge < -0.3 is 5.11 Å². The SMILES string of the molecule is Cc1cc(-c2cccc3nc(NC(=O)CCC4CCCCC4)nn23)cc(C)c1O. The van der Waals surface area contributed by atoms with E-state index in [0.29, 0.717) is 29.7 Å². The maximum atomic E-state index is 12.4. The van der Waals surface area contributed by atoms with E-state index in [0.717, 1.165) is 28.8 Å². The fourth-order valence-electron chi connectivity index (χ4n) is 4.28. The van der Waals surface area contributed by atoms with Gasteiger partial charge in [-0.25, -0.2) is 4.52 Å².